The molecule has 0 atom stereocenters. The normalized spacial score (nSPS) is 10.8. The number of imidazole rings is 1. The second-order valence-corrected chi connectivity index (χ2v) is 6.04. The van der Waals surface area contributed by atoms with E-state index in [1.165, 1.54) is 5.56 Å². The molecule has 4 rings (SSSR count). The number of nitrogens with zero attached hydrogens (tertiary/aromatic N) is 2. The molecule has 25 heavy (non-hydrogen) atoms. The van der Waals surface area contributed by atoms with Gasteiger partial charge in [0.15, 0.2) is 0 Å². The van der Waals surface area contributed by atoms with Crippen LogP contribution in [0, 0.1) is 6.92 Å². The molecule has 0 fully saturated rings. The predicted octanol–water partition coefficient (Wildman–Crippen LogP) is 4.70. The minimum Gasteiger partial charge on any atom is -0.399 e. The first kappa shape index (κ1) is 15.1. The molecule has 0 aliphatic carbocycles. The van der Waals surface area contributed by atoms with Crippen LogP contribution < -0.4 is 5.73 Å². The van der Waals surface area contributed by atoms with Crippen molar-refractivity contribution in [2.75, 3.05) is 5.73 Å². The Bertz CT molecular complexity index is 1000. The minimum absolute atomic E-state index is 0.739. The number of H-pyrrole nitrogens is 1. The van der Waals surface area contributed by atoms with E-state index >= 15 is 0 Å². The fraction of sp³-hybridized carbons (Fsp3) is 0.0476. The van der Waals surface area contributed by atoms with E-state index in [0.717, 1.165) is 39.6 Å². The van der Waals surface area contributed by atoms with Crippen LogP contribution in [0.25, 0.3) is 33.9 Å². The molecule has 122 valence electrons. The van der Waals surface area contributed by atoms with Crippen LogP contribution >= 0.6 is 0 Å². The summed E-state index contributed by atoms with van der Waals surface area (Å²) in [5, 5.41) is 0. The van der Waals surface area contributed by atoms with E-state index in [4.69, 9.17) is 10.7 Å². The first-order valence-electron chi connectivity index (χ1n) is 8.14. The highest BCUT2D eigenvalue weighted by molar-refractivity contribution is 5.81. The molecule has 0 spiro atoms. The van der Waals surface area contributed by atoms with Crippen LogP contribution in [0.4, 0.5) is 5.69 Å². The second kappa shape index (κ2) is 6.24. The highest BCUT2D eigenvalue weighted by Gasteiger charge is 2.15. The molecule has 4 nitrogen and oxygen atoms in total. The number of nitrogens with two attached hydrogens (primary N) is 1. The molecule has 0 radical (unpaired) electrons. The summed E-state index contributed by atoms with van der Waals surface area (Å²) in [4.78, 5) is 12.5. The van der Waals surface area contributed by atoms with E-state index in [0.29, 0.717) is 0 Å². The second-order valence-electron chi connectivity index (χ2n) is 6.04. The van der Waals surface area contributed by atoms with Gasteiger partial charge >= 0.3 is 0 Å². The topological polar surface area (TPSA) is 67.6 Å². The highest BCUT2D eigenvalue weighted by atomic mass is 14.9. The third-order valence-electron chi connectivity index (χ3n) is 4.15. The minimum atomic E-state index is 0.739. The number of aryl methyl sites for hydroxylation is 1. The number of pyridine rings is 1. The van der Waals surface area contributed by atoms with Gasteiger partial charge in [-0.3, -0.25) is 4.98 Å². The van der Waals surface area contributed by atoms with Crippen molar-refractivity contribution >= 4 is 5.69 Å². The van der Waals surface area contributed by atoms with E-state index in [9.17, 15) is 0 Å². The van der Waals surface area contributed by atoms with Crippen molar-refractivity contribution in [2.24, 2.45) is 0 Å². The van der Waals surface area contributed by atoms with Gasteiger partial charge < -0.3 is 10.7 Å². The maximum Gasteiger partial charge on any atom is 0.138 e. The molecular formula is C21H18N4. The Balaban J connectivity index is 1.90. The number of nitrogen functional groups attached to an aromatic ring is 1. The van der Waals surface area contributed by atoms with E-state index in [1.807, 2.05) is 36.4 Å². The van der Waals surface area contributed by atoms with Crippen LogP contribution in [0.2, 0.25) is 0 Å². The summed E-state index contributed by atoms with van der Waals surface area (Å²) < 4.78 is 0. The van der Waals surface area contributed by atoms with Crippen molar-refractivity contribution in [3.63, 3.8) is 0 Å². The van der Waals surface area contributed by atoms with Gasteiger partial charge in [-0.25, -0.2) is 4.98 Å². The zero-order valence-electron chi connectivity index (χ0n) is 13.9. The van der Waals surface area contributed by atoms with Gasteiger partial charge in [-0.2, -0.15) is 0 Å². The van der Waals surface area contributed by atoms with Crippen LogP contribution in [0.1, 0.15) is 5.56 Å². The summed E-state index contributed by atoms with van der Waals surface area (Å²) in [5.74, 6) is 0.823. The molecule has 4 aromatic rings. The van der Waals surface area contributed by atoms with Crippen molar-refractivity contribution in [3.8, 4) is 33.9 Å². The fourth-order valence-corrected chi connectivity index (χ4v) is 2.88. The highest BCUT2D eigenvalue weighted by Crippen LogP contribution is 2.33. The zero-order chi connectivity index (χ0) is 17.2. The van der Waals surface area contributed by atoms with E-state index < -0.39 is 0 Å². The quantitative estimate of drug-likeness (QED) is 0.536. The van der Waals surface area contributed by atoms with Crippen LogP contribution in [-0.2, 0) is 0 Å². The summed E-state index contributed by atoms with van der Waals surface area (Å²) in [5.41, 5.74) is 12.8. The van der Waals surface area contributed by atoms with Crippen LogP contribution in [-0.4, -0.2) is 15.0 Å². The van der Waals surface area contributed by atoms with Gasteiger partial charge in [0, 0.05) is 34.8 Å². The smallest absolute Gasteiger partial charge is 0.138 e. The molecule has 0 aliphatic rings. The largest absolute Gasteiger partial charge is 0.399 e. The van der Waals surface area contributed by atoms with Gasteiger partial charge in [0.25, 0.3) is 0 Å². The van der Waals surface area contributed by atoms with E-state index in [1.54, 1.807) is 12.4 Å². The van der Waals surface area contributed by atoms with Crippen molar-refractivity contribution in [3.05, 3.63) is 78.6 Å². The Morgan fingerprint density at radius 1 is 0.840 bits per heavy atom. The Morgan fingerprint density at radius 2 is 1.60 bits per heavy atom. The molecule has 0 unspecified atom stereocenters. The maximum absolute atomic E-state index is 5.80. The predicted molar refractivity (Wildman–Crippen MR) is 102 cm³/mol. The number of anilines is 1. The number of hydrogen-bond acceptors (Lipinski definition) is 3. The van der Waals surface area contributed by atoms with Gasteiger partial charge in [-0.15, -0.1) is 0 Å². The molecule has 3 N–H and O–H groups in total. The number of aromatic amines is 1. The standard InChI is InChI=1S/C21H18N4/c1-14-3-2-4-17(13-14)20-19(15-9-11-23-12-10-15)24-21(25-20)16-5-7-18(22)8-6-16/h2-13H,22H2,1H3,(H,24,25). The first-order valence-corrected chi connectivity index (χ1v) is 8.14. The van der Waals surface area contributed by atoms with Crippen LogP contribution in [0.5, 0.6) is 0 Å². The zero-order valence-corrected chi connectivity index (χ0v) is 13.9. The number of hydrogen-bond donors (Lipinski definition) is 2. The lowest BCUT2D eigenvalue weighted by molar-refractivity contribution is 1.30. The monoisotopic (exact) mass is 326 g/mol. The Morgan fingerprint density at radius 3 is 2.32 bits per heavy atom. The van der Waals surface area contributed by atoms with Crippen LogP contribution in [0.3, 0.4) is 0 Å². The summed E-state index contributed by atoms with van der Waals surface area (Å²) in [7, 11) is 0. The molecule has 0 saturated heterocycles. The molecule has 4 heteroatoms. The Labute approximate surface area is 146 Å². The lowest BCUT2D eigenvalue weighted by atomic mass is 10.0. The maximum atomic E-state index is 5.80. The number of aromatic nitrogens is 3. The molecule has 2 heterocycles. The summed E-state index contributed by atoms with van der Waals surface area (Å²) in [6.07, 6.45) is 3.58. The van der Waals surface area contributed by atoms with Gasteiger partial charge in [0.1, 0.15) is 5.82 Å². The summed E-state index contributed by atoms with van der Waals surface area (Å²) >= 11 is 0. The third-order valence-corrected chi connectivity index (χ3v) is 4.15. The van der Waals surface area contributed by atoms with Gasteiger partial charge in [-0.05, 0) is 49.4 Å². The SMILES string of the molecule is Cc1cccc(-c2nc(-c3ccc(N)cc3)[nH]c2-c2ccncc2)c1. The number of benzene rings is 2. The number of nitrogens with one attached hydrogen (secondary N) is 1. The average Bonchev–Trinajstić information content (AvgIpc) is 3.08. The average molecular weight is 326 g/mol. The molecule has 2 aromatic heterocycles. The number of rotatable bonds is 3. The first-order chi connectivity index (χ1) is 12.2. The lowest BCUT2D eigenvalue weighted by Gasteiger charge is -2.03. The van der Waals surface area contributed by atoms with Crippen molar-refractivity contribution in [1.82, 2.24) is 15.0 Å². The van der Waals surface area contributed by atoms with E-state index in [2.05, 4.69) is 41.2 Å². The van der Waals surface area contributed by atoms with Crippen LogP contribution in [0.15, 0.2) is 73.1 Å². The van der Waals surface area contributed by atoms with Crippen molar-refractivity contribution in [1.29, 1.82) is 0 Å². The van der Waals surface area contributed by atoms with Crippen molar-refractivity contribution in [2.45, 2.75) is 6.92 Å². The van der Waals surface area contributed by atoms with Gasteiger partial charge in [-0.1, -0.05) is 23.8 Å². The molecule has 2 aromatic carbocycles. The molecule has 0 saturated carbocycles. The third kappa shape index (κ3) is 3.02. The van der Waals surface area contributed by atoms with E-state index in [-0.39, 0.29) is 0 Å². The fourth-order valence-electron chi connectivity index (χ4n) is 2.88. The van der Waals surface area contributed by atoms with Gasteiger partial charge in [0.05, 0.1) is 11.4 Å². The molecule has 0 bridgehead atoms. The lowest BCUT2D eigenvalue weighted by Crippen LogP contribution is -1.85. The van der Waals surface area contributed by atoms with Crippen molar-refractivity contribution < 1.29 is 0 Å². The summed E-state index contributed by atoms with van der Waals surface area (Å²) in [6.45, 7) is 2.09. The Hall–Kier alpha value is -3.40. The molecule has 0 amide bonds. The molecule has 0 aliphatic heterocycles. The Kier molecular flexibility index (Phi) is 3.78. The summed E-state index contributed by atoms with van der Waals surface area (Å²) in [6, 6.07) is 20.1. The molecular weight excluding hydrogens is 308 g/mol. The van der Waals surface area contributed by atoms with Gasteiger partial charge in [0.2, 0.25) is 0 Å².